The number of carbonyl (C=O) groups excluding carboxylic acids is 1. The van der Waals surface area contributed by atoms with Crippen molar-refractivity contribution >= 4 is 5.97 Å². The van der Waals surface area contributed by atoms with E-state index in [-0.39, 0.29) is 0 Å². The van der Waals surface area contributed by atoms with E-state index < -0.39 is 12.6 Å². The van der Waals surface area contributed by atoms with E-state index in [0.717, 1.165) is 0 Å². The SMILES string of the molecule is [O]C(=O)CO. The Bertz CT molecular complexity index is 40.2. The summed E-state index contributed by atoms with van der Waals surface area (Å²) in [4.78, 5) is 9.01. The molecular weight excluding hydrogens is 72.0 g/mol. The van der Waals surface area contributed by atoms with Gasteiger partial charge < -0.3 is 5.11 Å². The number of aliphatic hydroxyl groups is 1. The third-order valence-electron chi connectivity index (χ3n) is 0.129. The van der Waals surface area contributed by atoms with Gasteiger partial charge in [0.2, 0.25) is 0 Å². The summed E-state index contributed by atoms with van der Waals surface area (Å²) >= 11 is 0. The van der Waals surface area contributed by atoms with Gasteiger partial charge in [0.1, 0.15) is 6.61 Å². The van der Waals surface area contributed by atoms with Crippen molar-refractivity contribution in [3.05, 3.63) is 0 Å². The Hall–Kier alpha value is -0.570. The number of aliphatic hydroxyl groups excluding tert-OH is 1. The van der Waals surface area contributed by atoms with Crippen molar-refractivity contribution in [3.63, 3.8) is 0 Å². The second-order valence-electron chi connectivity index (χ2n) is 0.530. The fourth-order valence-electron chi connectivity index (χ4n) is 0. The Morgan fingerprint density at radius 3 is 2.00 bits per heavy atom. The van der Waals surface area contributed by atoms with Gasteiger partial charge in [-0.15, -0.1) is 0 Å². The summed E-state index contributed by atoms with van der Waals surface area (Å²) in [7, 11) is 0. The molecular formula is C2H3O3. The van der Waals surface area contributed by atoms with Crippen LogP contribution in [0, 0.1) is 0 Å². The van der Waals surface area contributed by atoms with Gasteiger partial charge in [0.25, 0.3) is 0 Å². The first-order valence-corrected chi connectivity index (χ1v) is 1.08. The molecule has 0 bridgehead atoms. The summed E-state index contributed by atoms with van der Waals surface area (Å²) in [5.41, 5.74) is 0. The van der Waals surface area contributed by atoms with E-state index in [2.05, 4.69) is 0 Å². The van der Waals surface area contributed by atoms with E-state index in [4.69, 9.17) is 15.0 Å². The van der Waals surface area contributed by atoms with Crippen LogP contribution >= 0.6 is 0 Å². The van der Waals surface area contributed by atoms with Gasteiger partial charge >= 0.3 is 5.97 Å². The number of carbonyl (C=O) groups is 1. The molecule has 0 rings (SSSR count). The van der Waals surface area contributed by atoms with Gasteiger partial charge in [-0.2, -0.15) is 0 Å². The zero-order chi connectivity index (χ0) is 4.28. The molecule has 0 spiro atoms. The maximum Gasteiger partial charge on any atom is 0.380 e. The van der Waals surface area contributed by atoms with Gasteiger partial charge in [-0.05, 0) is 0 Å². The maximum absolute atomic E-state index is 9.01. The fourth-order valence-corrected chi connectivity index (χ4v) is 0. The zero-order valence-electron chi connectivity index (χ0n) is 2.47. The predicted octanol–water partition coefficient (Wildman–Crippen LogP) is -1.06. The normalized spacial score (nSPS) is 7.40. The van der Waals surface area contributed by atoms with Crippen molar-refractivity contribution in [2.45, 2.75) is 0 Å². The van der Waals surface area contributed by atoms with E-state index in [1.807, 2.05) is 0 Å². The van der Waals surface area contributed by atoms with E-state index >= 15 is 0 Å². The summed E-state index contributed by atoms with van der Waals surface area (Å²) in [6.45, 7) is -0.889. The van der Waals surface area contributed by atoms with Crippen LogP contribution in [0.15, 0.2) is 0 Å². The van der Waals surface area contributed by atoms with Crippen molar-refractivity contribution in [1.29, 1.82) is 0 Å². The van der Waals surface area contributed by atoms with Gasteiger partial charge in [-0.25, -0.2) is 9.90 Å². The molecule has 0 aromatic carbocycles. The number of hydrogen-bond donors (Lipinski definition) is 1. The quantitative estimate of drug-likeness (QED) is 0.431. The minimum absolute atomic E-state index is 0.889. The predicted molar refractivity (Wildman–Crippen MR) is 12.8 cm³/mol. The second kappa shape index (κ2) is 1.72. The monoisotopic (exact) mass is 75.0 g/mol. The molecule has 29 valence electrons. The maximum atomic E-state index is 9.01. The van der Waals surface area contributed by atoms with E-state index in [1.165, 1.54) is 0 Å². The smallest absolute Gasteiger partial charge is 0.380 e. The molecule has 0 saturated carbocycles. The average molecular weight is 75.0 g/mol. The molecule has 0 aliphatic rings. The standard InChI is InChI=1S/C2H3O3/c3-1-2(4)5/h3H,1H2. The average Bonchev–Trinajstić information content (AvgIpc) is 1.38. The van der Waals surface area contributed by atoms with Gasteiger partial charge in [-0.3, -0.25) is 0 Å². The summed E-state index contributed by atoms with van der Waals surface area (Å²) in [5.74, 6) is -1.44. The van der Waals surface area contributed by atoms with Crippen molar-refractivity contribution in [2.75, 3.05) is 6.61 Å². The highest BCUT2D eigenvalue weighted by molar-refractivity contribution is 5.67. The lowest BCUT2D eigenvalue weighted by molar-refractivity contribution is -0.146. The molecule has 0 saturated heterocycles. The van der Waals surface area contributed by atoms with Crippen LogP contribution in [0.5, 0.6) is 0 Å². The third kappa shape index (κ3) is 3.43. The van der Waals surface area contributed by atoms with Crippen LogP contribution in [0.2, 0.25) is 0 Å². The van der Waals surface area contributed by atoms with Crippen molar-refractivity contribution in [1.82, 2.24) is 0 Å². The second-order valence-corrected chi connectivity index (χ2v) is 0.530. The molecule has 0 aromatic rings. The van der Waals surface area contributed by atoms with E-state index in [9.17, 15) is 0 Å². The highest BCUT2D eigenvalue weighted by Gasteiger charge is 1.87. The lowest BCUT2D eigenvalue weighted by atomic mass is 10.8. The van der Waals surface area contributed by atoms with Gasteiger partial charge in [0.05, 0.1) is 0 Å². The summed E-state index contributed by atoms with van der Waals surface area (Å²) in [6, 6.07) is 0. The molecule has 0 atom stereocenters. The Kier molecular flexibility index (Phi) is 1.53. The van der Waals surface area contributed by atoms with Crippen molar-refractivity contribution in [3.8, 4) is 0 Å². The third-order valence-corrected chi connectivity index (χ3v) is 0.129. The molecule has 0 fully saturated rings. The van der Waals surface area contributed by atoms with Gasteiger partial charge in [0, 0.05) is 0 Å². The molecule has 3 heteroatoms. The van der Waals surface area contributed by atoms with Crippen LogP contribution in [0.3, 0.4) is 0 Å². The zero-order valence-corrected chi connectivity index (χ0v) is 2.47. The summed E-state index contributed by atoms with van der Waals surface area (Å²) in [6.07, 6.45) is 0. The first-order valence-electron chi connectivity index (χ1n) is 1.08. The van der Waals surface area contributed by atoms with Crippen LogP contribution in [0.25, 0.3) is 0 Å². The summed E-state index contributed by atoms with van der Waals surface area (Å²) in [5, 5.41) is 16.5. The van der Waals surface area contributed by atoms with Crippen LogP contribution in [-0.4, -0.2) is 17.7 Å². The Labute approximate surface area is 28.9 Å². The Balaban J connectivity index is 2.85. The van der Waals surface area contributed by atoms with Gasteiger partial charge in [0.15, 0.2) is 0 Å². The molecule has 0 unspecified atom stereocenters. The number of rotatable bonds is 1. The van der Waals surface area contributed by atoms with E-state index in [1.54, 1.807) is 0 Å². The number of hydrogen-bond acceptors (Lipinski definition) is 2. The minimum Gasteiger partial charge on any atom is -0.384 e. The highest BCUT2D eigenvalue weighted by Crippen LogP contribution is 1.51. The lowest BCUT2D eigenvalue weighted by Gasteiger charge is -1.66. The fraction of sp³-hybridized carbons (Fsp3) is 0.500. The van der Waals surface area contributed by atoms with Crippen molar-refractivity contribution < 1.29 is 15.0 Å². The van der Waals surface area contributed by atoms with Crippen LogP contribution in [0.1, 0.15) is 0 Å². The minimum atomic E-state index is -1.44. The van der Waals surface area contributed by atoms with Crippen LogP contribution < -0.4 is 0 Å². The molecule has 0 heterocycles. The molecule has 0 amide bonds. The topological polar surface area (TPSA) is 57.2 Å². The first kappa shape index (κ1) is 4.43. The van der Waals surface area contributed by atoms with Crippen LogP contribution in [-0.2, 0) is 9.90 Å². The van der Waals surface area contributed by atoms with Crippen molar-refractivity contribution in [2.24, 2.45) is 0 Å². The first-order chi connectivity index (χ1) is 2.27. The Morgan fingerprint density at radius 2 is 2.00 bits per heavy atom. The molecule has 3 nitrogen and oxygen atoms in total. The van der Waals surface area contributed by atoms with E-state index in [0.29, 0.717) is 0 Å². The lowest BCUT2D eigenvalue weighted by Crippen LogP contribution is -1.96. The molecule has 1 N–H and O–H groups in total. The van der Waals surface area contributed by atoms with Gasteiger partial charge in [-0.1, -0.05) is 0 Å². The summed E-state index contributed by atoms with van der Waals surface area (Å²) < 4.78 is 0. The molecule has 0 aromatic heterocycles. The largest absolute Gasteiger partial charge is 0.384 e. The highest BCUT2D eigenvalue weighted by atomic mass is 16.4. The molecule has 0 aliphatic heterocycles. The Morgan fingerprint density at radius 1 is 1.80 bits per heavy atom. The molecule has 1 radical (unpaired) electrons. The van der Waals surface area contributed by atoms with Crippen LogP contribution in [0.4, 0.5) is 0 Å². The molecule has 5 heavy (non-hydrogen) atoms. The molecule has 0 aliphatic carbocycles.